The standard InChI is InChI=1S/C9H12S2/c1-5-4-8(10)9(11)7(3)6(5)2/h4,10-11H,1-3H3. The fraction of sp³-hybridized carbons (Fsp3) is 0.333. The van der Waals surface area contributed by atoms with E-state index in [0.717, 1.165) is 9.79 Å². The summed E-state index contributed by atoms with van der Waals surface area (Å²) in [5.74, 6) is 0. The molecule has 0 aliphatic heterocycles. The van der Waals surface area contributed by atoms with Crippen LogP contribution in [-0.4, -0.2) is 0 Å². The summed E-state index contributed by atoms with van der Waals surface area (Å²) in [5.41, 5.74) is 3.83. The third-order valence-electron chi connectivity index (χ3n) is 2.11. The van der Waals surface area contributed by atoms with Gasteiger partial charge in [0.15, 0.2) is 0 Å². The molecular formula is C9H12S2. The zero-order valence-electron chi connectivity index (χ0n) is 6.97. The van der Waals surface area contributed by atoms with Gasteiger partial charge < -0.3 is 0 Å². The van der Waals surface area contributed by atoms with E-state index in [2.05, 4.69) is 46.0 Å². The molecule has 0 saturated carbocycles. The van der Waals surface area contributed by atoms with Gasteiger partial charge in [-0.2, -0.15) is 0 Å². The number of thiol groups is 2. The van der Waals surface area contributed by atoms with Crippen LogP contribution in [-0.2, 0) is 0 Å². The third kappa shape index (κ3) is 1.57. The van der Waals surface area contributed by atoms with Crippen molar-refractivity contribution in [3.8, 4) is 0 Å². The molecular weight excluding hydrogens is 172 g/mol. The molecule has 0 spiro atoms. The number of hydrogen-bond donors (Lipinski definition) is 2. The Kier molecular flexibility index (Phi) is 2.55. The van der Waals surface area contributed by atoms with E-state index in [1.54, 1.807) is 0 Å². The molecule has 0 fully saturated rings. The van der Waals surface area contributed by atoms with Gasteiger partial charge in [0.25, 0.3) is 0 Å². The molecule has 0 heterocycles. The maximum atomic E-state index is 4.35. The van der Waals surface area contributed by atoms with Crippen LogP contribution in [0.5, 0.6) is 0 Å². The molecule has 0 atom stereocenters. The number of benzene rings is 1. The first-order valence-electron chi connectivity index (χ1n) is 3.52. The Bertz CT molecular complexity index is 264. The predicted molar refractivity (Wildman–Crippen MR) is 55.2 cm³/mol. The van der Waals surface area contributed by atoms with Crippen molar-refractivity contribution in [1.29, 1.82) is 0 Å². The van der Waals surface area contributed by atoms with Crippen molar-refractivity contribution in [2.45, 2.75) is 30.6 Å². The second-order valence-corrected chi connectivity index (χ2v) is 3.74. The summed E-state index contributed by atoms with van der Waals surface area (Å²) in [7, 11) is 0. The van der Waals surface area contributed by atoms with Gasteiger partial charge in [0.05, 0.1) is 0 Å². The van der Waals surface area contributed by atoms with Gasteiger partial charge in [0.2, 0.25) is 0 Å². The first kappa shape index (κ1) is 9.01. The zero-order valence-corrected chi connectivity index (χ0v) is 8.76. The van der Waals surface area contributed by atoms with Crippen molar-refractivity contribution in [1.82, 2.24) is 0 Å². The molecule has 2 heteroatoms. The summed E-state index contributed by atoms with van der Waals surface area (Å²) in [5, 5.41) is 0. The van der Waals surface area contributed by atoms with E-state index in [0.29, 0.717) is 0 Å². The van der Waals surface area contributed by atoms with Gasteiger partial charge in [-0.15, -0.1) is 25.3 Å². The Balaban J connectivity index is 3.46. The fourth-order valence-corrected chi connectivity index (χ4v) is 1.64. The largest absolute Gasteiger partial charge is 0.142 e. The second-order valence-electron chi connectivity index (χ2n) is 2.81. The van der Waals surface area contributed by atoms with Crippen LogP contribution >= 0.6 is 25.3 Å². The van der Waals surface area contributed by atoms with E-state index < -0.39 is 0 Å². The predicted octanol–water partition coefficient (Wildman–Crippen LogP) is 3.19. The van der Waals surface area contributed by atoms with Crippen LogP contribution in [0.3, 0.4) is 0 Å². The van der Waals surface area contributed by atoms with Gasteiger partial charge in [0.1, 0.15) is 0 Å². The summed E-state index contributed by atoms with van der Waals surface area (Å²) in [4.78, 5) is 1.96. The Morgan fingerprint density at radius 1 is 1.00 bits per heavy atom. The molecule has 1 aromatic rings. The smallest absolute Gasteiger partial charge is 0.0206 e. The van der Waals surface area contributed by atoms with Crippen LogP contribution in [0, 0.1) is 20.8 Å². The molecule has 0 amide bonds. The molecule has 0 aromatic heterocycles. The lowest BCUT2D eigenvalue weighted by Gasteiger charge is -2.09. The van der Waals surface area contributed by atoms with Crippen LogP contribution in [0.2, 0.25) is 0 Å². The Labute approximate surface area is 78.8 Å². The summed E-state index contributed by atoms with van der Waals surface area (Å²) in [6, 6.07) is 2.05. The Morgan fingerprint density at radius 3 is 2.09 bits per heavy atom. The quantitative estimate of drug-likeness (QED) is 0.568. The molecule has 0 saturated heterocycles. The highest BCUT2D eigenvalue weighted by molar-refractivity contribution is 7.83. The first-order valence-corrected chi connectivity index (χ1v) is 4.42. The van der Waals surface area contributed by atoms with Gasteiger partial charge in [-0.25, -0.2) is 0 Å². The van der Waals surface area contributed by atoms with E-state index in [9.17, 15) is 0 Å². The Hall–Kier alpha value is -0.0800. The molecule has 0 N–H and O–H groups in total. The van der Waals surface area contributed by atoms with E-state index in [1.807, 2.05) is 6.07 Å². The highest BCUT2D eigenvalue weighted by atomic mass is 32.1. The third-order valence-corrected chi connectivity index (χ3v) is 3.21. The monoisotopic (exact) mass is 184 g/mol. The van der Waals surface area contributed by atoms with Crippen LogP contribution in [0.15, 0.2) is 15.9 Å². The van der Waals surface area contributed by atoms with Crippen molar-refractivity contribution >= 4 is 25.3 Å². The lowest BCUT2D eigenvalue weighted by atomic mass is 10.0. The minimum Gasteiger partial charge on any atom is -0.142 e. The van der Waals surface area contributed by atoms with Gasteiger partial charge in [0, 0.05) is 9.79 Å². The molecule has 0 bridgehead atoms. The van der Waals surface area contributed by atoms with Crippen LogP contribution in [0.1, 0.15) is 16.7 Å². The topological polar surface area (TPSA) is 0 Å². The summed E-state index contributed by atoms with van der Waals surface area (Å²) in [6.07, 6.45) is 0. The summed E-state index contributed by atoms with van der Waals surface area (Å²) in [6.45, 7) is 6.28. The highest BCUT2D eigenvalue weighted by Crippen LogP contribution is 2.26. The molecule has 11 heavy (non-hydrogen) atoms. The Morgan fingerprint density at radius 2 is 1.55 bits per heavy atom. The molecule has 0 unspecified atom stereocenters. The van der Waals surface area contributed by atoms with E-state index in [-0.39, 0.29) is 0 Å². The second kappa shape index (κ2) is 3.11. The fourth-order valence-electron chi connectivity index (χ4n) is 1.05. The van der Waals surface area contributed by atoms with Crippen molar-refractivity contribution in [2.24, 2.45) is 0 Å². The van der Waals surface area contributed by atoms with E-state index in [1.165, 1.54) is 16.7 Å². The molecule has 0 aliphatic rings. The van der Waals surface area contributed by atoms with Crippen molar-refractivity contribution in [3.63, 3.8) is 0 Å². The molecule has 60 valence electrons. The van der Waals surface area contributed by atoms with Crippen molar-refractivity contribution in [3.05, 3.63) is 22.8 Å². The molecule has 0 nitrogen and oxygen atoms in total. The average Bonchev–Trinajstić information content (AvgIpc) is 1.97. The summed E-state index contributed by atoms with van der Waals surface area (Å²) >= 11 is 8.66. The number of rotatable bonds is 0. The lowest BCUT2D eigenvalue weighted by molar-refractivity contribution is 1.11. The number of hydrogen-bond acceptors (Lipinski definition) is 2. The van der Waals surface area contributed by atoms with Gasteiger partial charge in [-0.3, -0.25) is 0 Å². The maximum Gasteiger partial charge on any atom is 0.0206 e. The van der Waals surface area contributed by atoms with Crippen LogP contribution < -0.4 is 0 Å². The molecule has 0 aliphatic carbocycles. The molecule has 1 rings (SSSR count). The maximum absolute atomic E-state index is 4.35. The van der Waals surface area contributed by atoms with Gasteiger partial charge in [-0.05, 0) is 43.5 Å². The average molecular weight is 184 g/mol. The SMILES string of the molecule is Cc1cc(S)c(S)c(C)c1C. The summed E-state index contributed by atoms with van der Waals surface area (Å²) < 4.78 is 0. The van der Waals surface area contributed by atoms with Crippen molar-refractivity contribution in [2.75, 3.05) is 0 Å². The van der Waals surface area contributed by atoms with E-state index in [4.69, 9.17) is 0 Å². The minimum atomic E-state index is 0.967. The van der Waals surface area contributed by atoms with Crippen LogP contribution in [0.4, 0.5) is 0 Å². The zero-order chi connectivity index (χ0) is 8.59. The molecule has 1 aromatic carbocycles. The van der Waals surface area contributed by atoms with Crippen LogP contribution in [0.25, 0.3) is 0 Å². The first-order chi connectivity index (χ1) is 5.04. The lowest BCUT2D eigenvalue weighted by Crippen LogP contribution is -1.89. The van der Waals surface area contributed by atoms with Gasteiger partial charge >= 0.3 is 0 Å². The minimum absolute atomic E-state index is 0.967. The normalized spacial score (nSPS) is 10.3. The number of aryl methyl sites for hydroxylation is 1. The van der Waals surface area contributed by atoms with Crippen molar-refractivity contribution < 1.29 is 0 Å². The highest BCUT2D eigenvalue weighted by Gasteiger charge is 2.03. The van der Waals surface area contributed by atoms with Gasteiger partial charge in [-0.1, -0.05) is 0 Å². The molecule has 0 radical (unpaired) electrons. The van der Waals surface area contributed by atoms with E-state index >= 15 is 0 Å².